The Bertz CT molecular complexity index is 1540. The van der Waals surface area contributed by atoms with Crippen LogP contribution >= 0.6 is 0 Å². The van der Waals surface area contributed by atoms with Gasteiger partial charge < -0.3 is 59.4 Å². The van der Waals surface area contributed by atoms with Crippen molar-refractivity contribution in [3.63, 3.8) is 0 Å². The normalized spacial score (nSPS) is 12.0. The molecule has 1 heterocycles. The fourth-order valence-corrected chi connectivity index (χ4v) is 6.63. The van der Waals surface area contributed by atoms with Crippen LogP contribution < -0.4 is 20.8 Å². The summed E-state index contributed by atoms with van der Waals surface area (Å²) in [5, 5.41) is 27.1. The third-order valence-corrected chi connectivity index (χ3v) is 9.97. The second-order valence-electron chi connectivity index (χ2n) is 18.8. The van der Waals surface area contributed by atoms with Gasteiger partial charge in [0.2, 0.25) is 29.5 Å². The van der Waals surface area contributed by atoms with Crippen LogP contribution in [0.3, 0.4) is 0 Å². The third-order valence-electron chi connectivity index (χ3n) is 9.97. The number of hydrogen-bond donors (Lipinski definition) is 5. The summed E-state index contributed by atoms with van der Waals surface area (Å²) in [7, 11) is 0. The number of amides is 3. The maximum atomic E-state index is 12.9. The van der Waals surface area contributed by atoms with Crippen molar-refractivity contribution in [1.82, 2.24) is 20.7 Å². The second kappa shape index (κ2) is 37.4. The van der Waals surface area contributed by atoms with E-state index in [0.29, 0.717) is 17.6 Å². The topological polar surface area (TPSA) is 249 Å². The zero-order chi connectivity index (χ0) is 50.5. The number of hydrogen-bond acceptors (Lipinski definition) is 15. The highest BCUT2D eigenvalue weighted by Crippen LogP contribution is 2.19. The first-order valence-corrected chi connectivity index (χ1v) is 24.8. The number of rotatable bonds is 41. The smallest absolute Gasteiger partial charge is 0.358 e. The lowest BCUT2D eigenvalue weighted by Gasteiger charge is -2.24. The first-order valence-electron chi connectivity index (χ1n) is 24.8. The van der Waals surface area contributed by atoms with E-state index in [4.69, 9.17) is 33.3 Å². The predicted octanol–water partition coefficient (Wildman–Crippen LogP) is 6.12. The highest BCUT2D eigenvalue weighted by molar-refractivity contribution is 5.85. The molecule has 0 aromatic carbocycles. The molecular formula is C49H86N4O15. The molecule has 1 rings (SSSR count). The van der Waals surface area contributed by atoms with Gasteiger partial charge in [-0.3, -0.25) is 19.2 Å². The zero-order valence-electron chi connectivity index (χ0n) is 42.1. The molecule has 0 radical (unpaired) electrons. The van der Waals surface area contributed by atoms with Crippen LogP contribution in [0.2, 0.25) is 0 Å². The molecule has 1 aromatic rings. The molecule has 0 aliphatic rings. The number of nitrogens with one attached hydrogen (secondary N) is 3. The van der Waals surface area contributed by atoms with Gasteiger partial charge in [-0.2, -0.15) is 0 Å². The summed E-state index contributed by atoms with van der Waals surface area (Å²) in [6, 6.07) is 1.37. The summed E-state index contributed by atoms with van der Waals surface area (Å²) in [6.07, 6.45) is 19.3. The van der Waals surface area contributed by atoms with Crippen molar-refractivity contribution < 1.29 is 72.2 Å². The van der Waals surface area contributed by atoms with Gasteiger partial charge >= 0.3 is 17.9 Å². The van der Waals surface area contributed by atoms with Gasteiger partial charge in [-0.25, -0.2) is 9.59 Å². The molecule has 0 bridgehead atoms. The molecule has 392 valence electrons. The van der Waals surface area contributed by atoms with Crippen molar-refractivity contribution >= 4 is 35.6 Å². The summed E-state index contributed by atoms with van der Waals surface area (Å²) < 4.78 is 32.6. The van der Waals surface area contributed by atoms with Gasteiger partial charge in [-0.1, -0.05) is 89.9 Å². The monoisotopic (exact) mass is 971 g/mol. The summed E-state index contributed by atoms with van der Waals surface area (Å²) in [5.74, 6) is -3.27. The van der Waals surface area contributed by atoms with Crippen molar-refractivity contribution in [3.05, 3.63) is 12.1 Å². The number of nitrogens with zero attached hydrogens (tertiary/aromatic N) is 1. The number of aromatic hydroxyl groups is 2. The minimum atomic E-state index is -0.941. The zero-order valence-corrected chi connectivity index (χ0v) is 42.1. The van der Waals surface area contributed by atoms with E-state index < -0.39 is 47.5 Å². The molecule has 5 N–H and O–H groups in total. The summed E-state index contributed by atoms with van der Waals surface area (Å²) in [4.78, 5) is 78.4. The molecule has 0 saturated heterocycles. The van der Waals surface area contributed by atoms with E-state index >= 15 is 0 Å². The maximum Gasteiger partial charge on any atom is 0.358 e. The highest BCUT2D eigenvalue weighted by Gasteiger charge is 2.27. The van der Waals surface area contributed by atoms with E-state index in [-0.39, 0.29) is 95.9 Å². The molecule has 1 atom stereocenters. The fraction of sp³-hybridized carbons (Fsp3) is 0.796. The largest absolute Gasteiger partial charge is 0.492 e. The van der Waals surface area contributed by atoms with Gasteiger partial charge in [-0.05, 0) is 60.8 Å². The Morgan fingerprint density at radius 3 is 1.41 bits per heavy atom. The van der Waals surface area contributed by atoms with E-state index in [1.165, 1.54) is 64.2 Å². The van der Waals surface area contributed by atoms with Crippen molar-refractivity contribution in [3.8, 4) is 11.8 Å². The van der Waals surface area contributed by atoms with Gasteiger partial charge in [0.25, 0.3) is 0 Å². The van der Waals surface area contributed by atoms with Crippen LogP contribution in [0.1, 0.15) is 170 Å². The Balaban J connectivity index is 2.05. The molecule has 0 aliphatic carbocycles. The maximum absolute atomic E-state index is 12.9. The van der Waals surface area contributed by atoms with E-state index in [9.17, 15) is 39.0 Å². The second-order valence-corrected chi connectivity index (χ2v) is 18.8. The predicted molar refractivity (Wildman–Crippen MR) is 255 cm³/mol. The summed E-state index contributed by atoms with van der Waals surface area (Å²) in [6.45, 7) is 11.8. The molecule has 0 spiro atoms. The van der Waals surface area contributed by atoms with E-state index in [1.54, 1.807) is 20.8 Å². The molecular weight excluding hydrogens is 885 g/mol. The Kier molecular flexibility index (Phi) is 33.9. The Morgan fingerprint density at radius 1 is 0.500 bits per heavy atom. The first-order chi connectivity index (χ1) is 32.4. The van der Waals surface area contributed by atoms with Gasteiger partial charge in [-0.15, -0.1) is 4.73 Å². The number of aromatic nitrogens is 1. The molecule has 68 heavy (non-hydrogen) atoms. The molecule has 1 aromatic heterocycles. The lowest BCUT2D eigenvalue weighted by atomic mass is 10.0. The standard InChI is InChI=1S/C49H86N4O15/c1-48(2,3)66-45(59)24-22-20-18-16-14-12-10-8-7-9-11-13-15-17-19-21-23-41(55)52-39(47(61)67-49(4,5)6)25-26-40(54)50-29-31-62-33-35-64-37-42(56)51-30-32-63-34-36-65-38-46(60)68-53-43(57)27-28-44(53)58/h27-28,39,57-58H,7-26,29-38H2,1-6H3,(H,50,54)(H,51,56)(H,52,55)/t39-/m0/s1. The van der Waals surface area contributed by atoms with Gasteiger partial charge in [0.05, 0.1) is 39.6 Å². The van der Waals surface area contributed by atoms with Gasteiger partial charge in [0, 0.05) is 44.5 Å². The lowest BCUT2D eigenvalue weighted by molar-refractivity contribution is -0.159. The molecule has 3 amide bonds. The SMILES string of the molecule is CC(C)(C)OC(=O)CCCCCCCCCCCCCCCCCCC(=O)N[C@@H](CCC(=O)NCCOCCOCC(=O)NCCOCCOCC(=O)On1c(O)ccc1O)C(=O)OC(C)(C)C. The summed E-state index contributed by atoms with van der Waals surface area (Å²) in [5.41, 5.74) is -1.15. The van der Waals surface area contributed by atoms with Gasteiger partial charge in [0.15, 0.2) is 0 Å². The average Bonchev–Trinajstić information content (AvgIpc) is 3.57. The number of ether oxygens (including phenoxy) is 6. The minimum absolute atomic E-state index is 0.00635. The minimum Gasteiger partial charge on any atom is -0.492 e. The van der Waals surface area contributed by atoms with E-state index in [2.05, 4.69) is 16.0 Å². The molecule has 0 saturated carbocycles. The van der Waals surface area contributed by atoms with Crippen molar-refractivity contribution in [2.24, 2.45) is 0 Å². The first kappa shape index (κ1) is 61.6. The lowest BCUT2D eigenvalue weighted by Crippen LogP contribution is -2.44. The van der Waals surface area contributed by atoms with Crippen LogP contribution in [0.4, 0.5) is 0 Å². The van der Waals surface area contributed by atoms with Crippen LogP contribution in [-0.4, -0.2) is 134 Å². The number of unbranched alkanes of at least 4 members (excludes halogenated alkanes) is 15. The highest BCUT2D eigenvalue weighted by atomic mass is 16.7. The molecule has 0 fully saturated rings. The van der Waals surface area contributed by atoms with Gasteiger partial charge in [0.1, 0.15) is 30.5 Å². The number of esters is 2. The van der Waals surface area contributed by atoms with Crippen molar-refractivity contribution in [1.29, 1.82) is 0 Å². The van der Waals surface area contributed by atoms with Crippen LogP contribution in [0.5, 0.6) is 11.8 Å². The summed E-state index contributed by atoms with van der Waals surface area (Å²) >= 11 is 0. The van der Waals surface area contributed by atoms with Crippen molar-refractivity contribution in [2.75, 3.05) is 65.9 Å². The van der Waals surface area contributed by atoms with E-state index in [1.807, 2.05) is 20.8 Å². The van der Waals surface area contributed by atoms with Crippen LogP contribution in [0, 0.1) is 0 Å². The van der Waals surface area contributed by atoms with Crippen molar-refractivity contribution in [2.45, 2.75) is 187 Å². The Hall–Kier alpha value is -4.46. The van der Waals surface area contributed by atoms with Crippen LogP contribution in [-0.2, 0) is 57.2 Å². The quantitative estimate of drug-likeness (QED) is 0.0366. The number of carbonyl (C=O) groups excluding carboxylic acids is 6. The Morgan fingerprint density at radius 2 is 0.926 bits per heavy atom. The van der Waals surface area contributed by atoms with E-state index in [0.717, 1.165) is 50.7 Å². The van der Waals surface area contributed by atoms with Crippen LogP contribution in [0.15, 0.2) is 12.1 Å². The Labute approximate surface area is 404 Å². The molecule has 19 heteroatoms. The number of carbonyl (C=O) groups is 6. The average molecular weight is 971 g/mol. The molecule has 0 aliphatic heterocycles. The van der Waals surface area contributed by atoms with Crippen LogP contribution in [0.25, 0.3) is 0 Å². The fourth-order valence-electron chi connectivity index (χ4n) is 6.63. The molecule has 0 unspecified atom stereocenters. The third kappa shape index (κ3) is 36.6. The molecule has 19 nitrogen and oxygen atoms in total.